The first-order chi connectivity index (χ1) is 24.4. The normalized spacial score (nSPS) is 25.6. The summed E-state index contributed by atoms with van der Waals surface area (Å²) in [5.41, 5.74) is 4.17. The summed E-state index contributed by atoms with van der Waals surface area (Å²) in [4.78, 5) is 15.3. The lowest BCUT2D eigenvalue weighted by Gasteiger charge is -2.48. The molecule has 1 amide bonds. The number of aliphatic hydroxyl groups excluding tert-OH is 5. The largest absolute Gasteiger partial charge is 0.394 e. The van der Waals surface area contributed by atoms with Crippen molar-refractivity contribution < 1.29 is 52.1 Å². The molecule has 1 unspecified atom stereocenters. The molecule has 8 atom stereocenters. The molecule has 51 heavy (non-hydrogen) atoms. The zero-order valence-corrected chi connectivity index (χ0v) is 28.1. The fraction of sp³-hybridized carbons (Fsp3) is 0.289. The van der Waals surface area contributed by atoms with Crippen LogP contribution in [0.25, 0.3) is 11.1 Å². The summed E-state index contributed by atoms with van der Waals surface area (Å²) in [5.74, 6) is -2.00. The molecule has 5 N–H and O–H groups in total. The van der Waals surface area contributed by atoms with Crippen LogP contribution < -0.4 is 9.08 Å². The summed E-state index contributed by atoms with van der Waals surface area (Å²) in [5, 5.41) is 50.4. The third-order valence-corrected chi connectivity index (χ3v) is 10.5. The molecule has 2 aliphatic heterocycles. The van der Waals surface area contributed by atoms with Gasteiger partial charge in [0.2, 0.25) is 5.91 Å². The fourth-order valence-corrected chi connectivity index (χ4v) is 7.71. The Bertz CT molecular complexity index is 1940. The van der Waals surface area contributed by atoms with E-state index < -0.39 is 76.9 Å². The molecule has 6 rings (SSSR count). The van der Waals surface area contributed by atoms with Crippen LogP contribution in [0.4, 0.5) is 10.1 Å². The second-order valence-electron chi connectivity index (χ2n) is 12.7. The maximum Gasteiger partial charge on any atom is 0.311 e. The average molecular weight is 720 g/mol. The molecule has 0 saturated carbocycles. The van der Waals surface area contributed by atoms with Gasteiger partial charge in [0.15, 0.2) is 0 Å². The van der Waals surface area contributed by atoms with Gasteiger partial charge in [-0.3, -0.25) is 4.79 Å². The molecule has 0 aromatic heterocycles. The van der Waals surface area contributed by atoms with E-state index in [-0.39, 0.29) is 18.1 Å². The number of β-lactam (4-membered cyclic amide) rings is 1. The molecule has 0 bridgehead atoms. The van der Waals surface area contributed by atoms with Crippen molar-refractivity contribution in [1.29, 1.82) is 0 Å². The quantitative estimate of drug-likeness (QED) is 0.0830. The standard InChI is InChI=1S/C38H38FNO10S/c1-22(19-30(42)25-11-15-27(39)16-12-25)33-34(40(38(33)46)28-5-3-2-4-6-28)26-9-7-23(8-10-26)24-13-17-29(18-14-24)50-51(47,48)21-32-36(44)37(45)35(43)31(20-41)49-32/h2-18,30-37,41-45H,1,19-21H2/t30-,31+,32?,33+,34+,35+,36-,37-/m0/s1. The first-order valence-corrected chi connectivity index (χ1v) is 17.9. The number of nitrogens with zero attached hydrogens (tertiary/aromatic N) is 1. The number of amides is 1. The van der Waals surface area contributed by atoms with Crippen molar-refractivity contribution in [2.45, 2.75) is 49.1 Å². The summed E-state index contributed by atoms with van der Waals surface area (Å²) < 4.78 is 49.5. The number of rotatable bonds is 12. The van der Waals surface area contributed by atoms with Crippen molar-refractivity contribution in [1.82, 2.24) is 0 Å². The summed E-state index contributed by atoms with van der Waals surface area (Å²) in [6.07, 6.45) is -8.57. The van der Waals surface area contributed by atoms with E-state index in [9.17, 15) is 43.1 Å². The highest BCUT2D eigenvalue weighted by molar-refractivity contribution is 7.87. The van der Waals surface area contributed by atoms with Crippen LogP contribution in [-0.2, 0) is 19.6 Å². The Morgan fingerprint density at radius 1 is 0.843 bits per heavy atom. The highest BCUT2D eigenvalue weighted by Gasteiger charge is 2.50. The van der Waals surface area contributed by atoms with Crippen molar-refractivity contribution in [3.05, 3.63) is 132 Å². The molecule has 13 heteroatoms. The number of ether oxygens (including phenoxy) is 1. The zero-order valence-electron chi connectivity index (χ0n) is 27.3. The van der Waals surface area contributed by atoms with E-state index in [1.165, 1.54) is 36.4 Å². The molecule has 2 heterocycles. The van der Waals surface area contributed by atoms with Crippen LogP contribution in [0.3, 0.4) is 0 Å². The van der Waals surface area contributed by atoms with Crippen LogP contribution in [0.1, 0.15) is 29.7 Å². The second-order valence-corrected chi connectivity index (χ2v) is 14.3. The molecular weight excluding hydrogens is 681 g/mol. The molecule has 0 aliphatic carbocycles. The Morgan fingerprint density at radius 2 is 1.43 bits per heavy atom. The molecule has 11 nitrogen and oxygen atoms in total. The maximum absolute atomic E-state index is 13.6. The molecule has 4 aromatic rings. The first-order valence-electron chi connectivity index (χ1n) is 16.3. The van der Waals surface area contributed by atoms with E-state index >= 15 is 0 Å². The average Bonchev–Trinajstić information content (AvgIpc) is 3.11. The van der Waals surface area contributed by atoms with Gasteiger partial charge >= 0.3 is 10.1 Å². The van der Waals surface area contributed by atoms with Crippen molar-refractivity contribution in [2.75, 3.05) is 17.3 Å². The number of carbonyl (C=O) groups excluding carboxylic acids is 1. The van der Waals surface area contributed by atoms with Gasteiger partial charge in [0.05, 0.1) is 24.7 Å². The Balaban J connectivity index is 1.16. The van der Waals surface area contributed by atoms with Gasteiger partial charge in [-0.05, 0) is 65.1 Å². The van der Waals surface area contributed by atoms with Gasteiger partial charge in [0, 0.05) is 5.69 Å². The number of benzene rings is 4. The van der Waals surface area contributed by atoms with Gasteiger partial charge in [0.1, 0.15) is 47.8 Å². The fourth-order valence-electron chi connectivity index (χ4n) is 6.56. The minimum absolute atomic E-state index is 0.00405. The third-order valence-electron chi connectivity index (χ3n) is 9.30. The minimum atomic E-state index is -4.33. The molecule has 2 fully saturated rings. The Morgan fingerprint density at radius 3 is 2.04 bits per heavy atom. The van der Waals surface area contributed by atoms with E-state index in [4.69, 9.17) is 8.92 Å². The Kier molecular flexibility index (Phi) is 10.7. The van der Waals surface area contributed by atoms with Gasteiger partial charge in [-0.25, -0.2) is 4.39 Å². The van der Waals surface area contributed by atoms with Gasteiger partial charge < -0.3 is 39.4 Å². The minimum Gasteiger partial charge on any atom is -0.394 e. The van der Waals surface area contributed by atoms with Crippen molar-refractivity contribution in [2.24, 2.45) is 5.92 Å². The lowest BCUT2D eigenvalue weighted by atomic mass is 9.75. The number of hydrogen-bond donors (Lipinski definition) is 5. The van der Waals surface area contributed by atoms with Crippen LogP contribution in [0.15, 0.2) is 115 Å². The lowest BCUT2D eigenvalue weighted by Crippen LogP contribution is -2.60. The maximum atomic E-state index is 13.6. The van der Waals surface area contributed by atoms with E-state index in [1.54, 1.807) is 17.0 Å². The molecule has 0 radical (unpaired) electrons. The number of hydrogen-bond acceptors (Lipinski definition) is 10. The summed E-state index contributed by atoms with van der Waals surface area (Å²) in [6.45, 7) is 3.49. The third kappa shape index (κ3) is 7.75. The first kappa shape index (κ1) is 36.3. The summed E-state index contributed by atoms with van der Waals surface area (Å²) >= 11 is 0. The predicted octanol–water partition coefficient (Wildman–Crippen LogP) is 3.43. The summed E-state index contributed by atoms with van der Waals surface area (Å²) in [7, 11) is -4.33. The Labute approximate surface area is 294 Å². The van der Waals surface area contributed by atoms with Crippen LogP contribution in [0.5, 0.6) is 5.75 Å². The smallest absolute Gasteiger partial charge is 0.311 e. The SMILES string of the molecule is C=C(C[C@H](O)c1ccc(F)cc1)[C@H]1C(=O)N(c2ccccc2)[C@@H]1c1ccc(-c2ccc(OS(=O)(=O)CC3O[C@H](CO)[C@@H](O)[C@H](O)[C@H]3O)cc2)cc1. The van der Waals surface area contributed by atoms with E-state index in [1.807, 2.05) is 54.6 Å². The molecular formula is C38H38FNO10S. The molecule has 0 spiro atoms. The number of carbonyl (C=O) groups is 1. The van der Waals surface area contributed by atoms with Crippen LogP contribution in [0, 0.1) is 11.7 Å². The summed E-state index contributed by atoms with van der Waals surface area (Å²) in [6, 6.07) is 28.2. The predicted molar refractivity (Wildman–Crippen MR) is 185 cm³/mol. The van der Waals surface area contributed by atoms with Crippen LogP contribution >= 0.6 is 0 Å². The van der Waals surface area contributed by atoms with Crippen molar-refractivity contribution in [3.63, 3.8) is 0 Å². The molecule has 268 valence electrons. The van der Waals surface area contributed by atoms with Gasteiger partial charge in [-0.2, -0.15) is 8.42 Å². The second kappa shape index (κ2) is 15.0. The van der Waals surface area contributed by atoms with E-state index in [0.29, 0.717) is 11.1 Å². The Hall–Kier alpha value is -4.47. The number of anilines is 1. The number of aliphatic hydroxyl groups is 5. The highest BCUT2D eigenvalue weighted by atomic mass is 32.2. The molecule has 2 aliphatic rings. The van der Waals surface area contributed by atoms with Crippen LogP contribution in [0.2, 0.25) is 0 Å². The monoisotopic (exact) mass is 719 g/mol. The molecule has 2 saturated heterocycles. The van der Waals surface area contributed by atoms with E-state index in [2.05, 4.69) is 6.58 Å². The van der Waals surface area contributed by atoms with Gasteiger partial charge in [0.25, 0.3) is 0 Å². The molecule has 4 aromatic carbocycles. The van der Waals surface area contributed by atoms with Gasteiger partial charge in [-0.1, -0.05) is 78.9 Å². The van der Waals surface area contributed by atoms with Crippen molar-refractivity contribution >= 4 is 21.7 Å². The zero-order chi connectivity index (χ0) is 36.4. The topological polar surface area (TPSA) is 174 Å². The van der Waals surface area contributed by atoms with Crippen molar-refractivity contribution in [3.8, 4) is 16.9 Å². The van der Waals surface area contributed by atoms with Gasteiger partial charge in [-0.15, -0.1) is 0 Å². The lowest BCUT2D eigenvalue weighted by molar-refractivity contribution is -0.223. The van der Waals surface area contributed by atoms with E-state index in [0.717, 1.165) is 22.4 Å². The number of para-hydroxylation sites is 1. The number of halogens is 1. The van der Waals surface area contributed by atoms with Crippen LogP contribution in [-0.4, -0.2) is 82.7 Å². The highest BCUT2D eigenvalue weighted by Crippen LogP contribution is 2.48.